The predicted octanol–water partition coefficient (Wildman–Crippen LogP) is 0.209. The second-order valence-corrected chi connectivity index (χ2v) is 2.32. The fourth-order valence-corrected chi connectivity index (χ4v) is 0.618. The molecule has 0 aliphatic rings. The molecule has 8 nitrogen and oxygen atoms in total. The molecule has 0 spiro atoms. The molecule has 0 bridgehead atoms. The van der Waals surface area contributed by atoms with Crippen molar-refractivity contribution in [2.45, 2.75) is 0 Å². The Kier molecular flexibility index (Phi) is 5.91. The summed E-state index contributed by atoms with van der Waals surface area (Å²) in [6, 6.07) is 5.70. The van der Waals surface area contributed by atoms with Crippen LogP contribution in [0.25, 0.3) is 10.8 Å². The minimum absolute atomic E-state index is 0.589. The summed E-state index contributed by atoms with van der Waals surface area (Å²) in [6.45, 7) is 0. The predicted molar refractivity (Wildman–Crippen MR) is 61.1 cm³/mol. The molecule has 0 atom stereocenters. The van der Waals surface area contributed by atoms with E-state index in [0.717, 1.165) is 0 Å². The lowest BCUT2D eigenvalue weighted by molar-refractivity contribution is 1.24. The van der Waals surface area contributed by atoms with E-state index < -0.39 is 22.6 Å². The smallest absolute Gasteiger partial charge is 0.186 e. The van der Waals surface area contributed by atoms with Crippen molar-refractivity contribution in [2.75, 3.05) is 0 Å². The molecule has 0 N–H and O–H groups in total. The van der Waals surface area contributed by atoms with Gasteiger partial charge in [-0.15, -0.1) is 10.2 Å². The molecule has 0 heterocycles. The third-order valence-corrected chi connectivity index (χ3v) is 1.38. The maximum atomic E-state index is 8.60. The normalized spacial score (nSPS) is 9.56. The number of hydrogen-bond donors (Lipinski definition) is 0. The van der Waals surface area contributed by atoms with E-state index >= 15 is 0 Å². The molecule has 0 aliphatic heterocycles. The number of allylic oxidation sites excluding steroid dienone is 2. The lowest BCUT2D eigenvalue weighted by Gasteiger charge is -1.92. The summed E-state index contributed by atoms with van der Waals surface area (Å²) in [5.74, 6) is 2.83. The van der Waals surface area contributed by atoms with Crippen molar-refractivity contribution in [1.82, 2.24) is 0 Å². The van der Waals surface area contributed by atoms with E-state index in [9.17, 15) is 0 Å². The summed E-state index contributed by atoms with van der Waals surface area (Å²) in [6.07, 6.45) is 0. The van der Waals surface area contributed by atoms with Crippen LogP contribution in [0.3, 0.4) is 0 Å². The first kappa shape index (κ1) is 14.2. The summed E-state index contributed by atoms with van der Waals surface area (Å²) in [5, 5.41) is 57.5. The van der Waals surface area contributed by atoms with Crippen molar-refractivity contribution < 1.29 is 0 Å². The van der Waals surface area contributed by atoms with Gasteiger partial charge in [-0.3, -0.25) is 0 Å². The Bertz CT molecular complexity index is 620. The van der Waals surface area contributed by atoms with Gasteiger partial charge in [-0.05, 0) is 0 Å². The number of rotatable bonds is 3. The van der Waals surface area contributed by atoms with E-state index in [1.807, 2.05) is 0 Å². The quantitative estimate of drug-likeness (QED) is 0.385. The van der Waals surface area contributed by atoms with Crippen molar-refractivity contribution >= 4 is 23.2 Å². The summed E-state index contributed by atoms with van der Waals surface area (Å²) in [7, 11) is 0. The van der Waals surface area contributed by atoms with Crippen LogP contribution in [0.4, 0.5) is 0 Å². The molecule has 0 saturated heterocycles. The first-order valence-electron chi connectivity index (χ1n) is 3.99. The summed E-state index contributed by atoms with van der Waals surface area (Å²) in [4.78, 5) is 0. The third kappa shape index (κ3) is 3.41. The van der Waals surface area contributed by atoms with Crippen molar-refractivity contribution in [3.8, 4) is 24.3 Å². The Morgan fingerprint density at radius 1 is 0.667 bits per heavy atom. The fourth-order valence-electron chi connectivity index (χ4n) is 0.618. The molecule has 0 aromatic rings. The van der Waals surface area contributed by atoms with Gasteiger partial charge in [-0.2, -0.15) is 21.0 Å². The van der Waals surface area contributed by atoms with E-state index in [2.05, 4.69) is 10.2 Å². The molecule has 0 aromatic carbocycles. The summed E-state index contributed by atoms with van der Waals surface area (Å²) in [5.41, 5.74) is -2.39. The highest BCUT2D eigenvalue weighted by molar-refractivity contribution is 6.21. The van der Waals surface area contributed by atoms with Gasteiger partial charge in [0.25, 0.3) is 0 Å². The van der Waals surface area contributed by atoms with Gasteiger partial charge in [0, 0.05) is 0 Å². The molecule has 0 amide bonds. The molecule has 0 rings (SSSR count). The second kappa shape index (κ2) is 7.49. The molecule has 0 aromatic heterocycles. The van der Waals surface area contributed by atoms with Crippen molar-refractivity contribution in [1.29, 1.82) is 21.0 Å². The molecule has 0 aliphatic carbocycles. The monoisotopic (exact) mass is 232 g/mol. The van der Waals surface area contributed by atoms with Crippen LogP contribution in [0.5, 0.6) is 0 Å². The van der Waals surface area contributed by atoms with Crippen molar-refractivity contribution in [2.24, 2.45) is 10.2 Å². The van der Waals surface area contributed by atoms with E-state index in [0.29, 0.717) is 0 Å². The van der Waals surface area contributed by atoms with Gasteiger partial charge in [0.2, 0.25) is 0 Å². The summed E-state index contributed by atoms with van der Waals surface area (Å²) < 4.78 is 0. The Morgan fingerprint density at radius 2 is 1.00 bits per heavy atom. The molecular formula is C10N8-2. The van der Waals surface area contributed by atoms with Crippen LogP contribution in [-0.4, -0.2) is 23.2 Å². The highest BCUT2D eigenvalue weighted by Crippen LogP contribution is 1.96. The van der Waals surface area contributed by atoms with Crippen LogP contribution in [0.2, 0.25) is 0 Å². The van der Waals surface area contributed by atoms with Crippen LogP contribution < -0.4 is 0 Å². The SMILES string of the molecule is N#CC(=C=[N-])/C(C#N)=N/N=C(\C#N)C(=C=[N-])C#N. The van der Waals surface area contributed by atoms with Crippen molar-refractivity contribution in [3.63, 3.8) is 0 Å². The zero-order valence-electron chi connectivity index (χ0n) is 8.58. The van der Waals surface area contributed by atoms with Gasteiger partial charge in [-0.25, -0.2) is 11.7 Å². The Morgan fingerprint density at radius 3 is 1.17 bits per heavy atom. The van der Waals surface area contributed by atoms with Crippen molar-refractivity contribution in [3.05, 3.63) is 22.0 Å². The molecule has 0 fully saturated rings. The lowest BCUT2D eigenvalue weighted by Crippen LogP contribution is -2.01. The van der Waals surface area contributed by atoms with Gasteiger partial charge in [-0.1, -0.05) is 0 Å². The first-order valence-corrected chi connectivity index (χ1v) is 3.99. The van der Waals surface area contributed by atoms with Gasteiger partial charge in [0.05, 0.1) is 0 Å². The number of nitrogens with zero attached hydrogens (tertiary/aromatic N) is 8. The van der Waals surface area contributed by atoms with Gasteiger partial charge < -0.3 is 10.8 Å². The van der Waals surface area contributed by atoms with E-state index in [-0.39, 0.29) is 0 Å². The van der Waals surface area contributed by atoms with E-state index in [1.54, 1.807) is 0 Å². The first-order chi connectivity index (χ1) is 8.68. The third-order valence-electron chi connectivity index (χ3n) is 1.38. The molecule has 8 heteroatoms. The molecule has 0 saturated carbocycles. The van der Waals surface area contributed by atoms with Gasteiger partial charge >= 0.3 is 0 Å². The molecule has 0 radical (unpaired) electrons. The van der Waals surface area contributed by atoms with E-state index in [4.69, 9.17) is 31.9 Å². The summed E-state index contributed by atoms with van der Waals surface area (Å²) >= 11 is 0. The van der Waals surface area contributed by atoms with Gasteiger partial charge in [0.1, 0.15) is 35.4 Å². The Balaban J connectivity index is 5.75. The zero-order valence-corrected chi connectivity index (χ0v) is 8.58. The average molecular weight is 232 g/mol. The zero-order chi connectivity index (χ0) is 14.0. The average Bonchev–Trinajstić information content (AvgIpc) is 2.42. The van der Waals surface area contributed by atoms with Gasteiger partial charge in [0.15, 0.2) is 11.4 Å². The van der Waals surface area contributed by atoms with E-state index in [1.165, 1.54) is 36.0 Å². The Hall–Kier alpha value is -3.80. The fraction of sp³-hybridized carbons (Fsp3) is 0. The molecule has 18 heavy (non-hydrogen) atoms. The lowest BCUT2D eigenvalue weighted by atomic mass is 10.2. The molecular weight excluding hydrogens is 232 g/mol. The number of nitriles is 4. The highest BCUT2D eigenvalue weighted by atomic mass is 15.2. The second-order valence-electron chi connectivity index (χ2n) is 2.32. The topological polar surface area (TPSA) is 164 Å². The van der Waals surface area contributed by atoms with Crippen LogP contribution in [-0.2, 0) is 0 Å². The minimum Gasteiger partial charge on any atom is -0.762 e. The minimum atomic E-state index is -0.608. The highest BCUT2D eigenvalue weighted by Gasteiger charge is 2.06. The van der Waals surface area contributed by atoms with Crippen LogP contribution in [0, 0.1) is 45.3 Å². The number of hydrogen-bond acceptors (Lipinski definition) is 6. The maximum Gasteiger partial charge on any atom is 0.186 e. The van der Waals surface area contributed by atoms with Crippen LogP contribution >= 0.6 is 0 Å². The molecule has 0 unspecified atom stereocenters. The largest absolute Gasteiger partial charge is 0.762 e. The standard InChI is InChI=1S/C10N8/c11-1-7(2-12)9(5-15)17-18-10(6-16)8(3-13)4-14/q-2/b17-9+,18-10+. The maximum absolute atomic E-state index is 8.60. The van der Waals surface area contributed by atoms with Crippen LogP contribution in [0.15, 0.2) is 21.3 Å². The Labute approximate surface area is 101 Å². The van der Waals surface area contributed by atoms with Crippen LogP contribution in [0.1, 0.15) is 0 Å². The molecule has 82 valence electrons.